The summed E-state index contributed by atoms with van der Waals surface area (Å²) in [6.45, 7) is 1.47. The molecule has 6 nitrogen and oxygen atoms in total. The summed E-state index contributed by atoms with van der Waals surface area (Å²) in [7, 11) is 4.07. The summed E-state index contributed by atoms with van der Waals surface area (Å²) in [5.41, 5.74) is -0.450. The molecular weight excluding hydrogens is 427 g/mol. The highest BCUT2D eigenvalue weighted by atomic mass is 19.4. The quantitative estimate of drug-likeness (QED) is 0.495. The second-order valence-electron chi connectivity index (χ2n) is 6.81. The van der Waals surface area contributed by atoms with Gasteiger partial charge in [-0.05, 0) is 49.4 Å². The molecule has 0 N–H and O–H groups in total. The molecule has 9 heteroatoms. The molecule has 0 unspecified atom stereocenters. The molecule has 0 bridgehead atoms. The van der Waals surface area contributed by atoms with Crippen LogP contribution in [0, 0.1) is 0 Å². The number of carbonyl (C=O) groups is 2. The van der Waals surface area contributed by atoms with Gasteiger partial charge in [-0.25, -0.2) is 4.79 Å². The van der Waals surface area contributed by atoms with E-state index in [1.54, 1.807) is 18.2 Å². The van der Waals surface area contributed by atoms with Gasteiger partial charge in [-0.2, -0.15) is 13.2 Å². The van der Waals surface area contributed by atoms with E-state index in [1.165, 1.54) is 39.4 Å². The van der Waals surface area contributed by atoms with Crippen molar-refractivity contribution in [3.05, 3.63) is 70.4 Å². The standard InChI is InChI=1S/C23H20F3NO5/c1-13-20(22(29)32-4)18(11-14-10-17(30-2)8-9-19(14)31-3)21(28)27(13)16-7-5-6-15(12-16)23(24,25)26/h5-12H,1-4H3/b18-11-. The summed E-state index contributed by atoms with van der Waals surface area (Å²) in [6.07, 6.45) is -3.17. The van der Waals surface area contributed by atoms with Crippen LogP contribution in [-0.4, -0.2) is 33.2 Å². The van der Waals surface area contributed by atoms with Gasteiger partial charge < -0.3 is 14.2 Å². The fourth-order valence-electron chi connectivity index (χ4n) is 3.42. The Hall–Kier alpha value is -3.75. The minimum absolute atomic E-state index is 0.0234. The number of ether oxygens (including phenoxy) is 3. The molecule has 0 radical (unpaired) electrons. The lowest BCUT2D eigenvalue weighted by molar-refractivity contribution is -0.137. The zero-order chi connectivity index (χ0) is 23.6. The third kappa shape index (κ3) is 4.18. The maximum Gasteiger partial charge on any atom is 0.416 e. The largest absolute Gasteiger partial charge is 0.497 e. The Balaban J connectivity index is 2.19. The minimum Gasteiger partial charge on any atom is -0.497 e. The van der Waals surface area contributed by atoms with E-state index >= 15 is 0 Å². The molecule has 32 heavy (non-hydrogen) atoms. The number of esters is 1. The van der Waals surface area contributed by atoms with Crippen LogP contribution in [-0.2, 0) is 20.5 Å². The Kier molecular flexibility index (Phi) is 6.29. The van der Waals surface area contributed by atoms with Gasteiger partial charge in [-0.3, -0.25) is 9.69 Å². The van der Waals surface area contributed by atoms with Crippen molar-refractivity contribution < 1.29 is 37.0 Å². The number of methoxy groups -OCH3 is 3. The molecule has 1 aliphatic rings. The van der Waals surface area contributed by atoms with Crippen LogP contribution in [0.25, 0.3) is 6.08 Å². The van der Waals surface area contributed by atoms with Crippen molar-refractivity contribution in [2.45, 2.75) is 13.1 Å². The highest BCUT2D eigenvalue weighted by Crippen LogP contribution is 2.39. The molecule has 3 rings (SSSR count). The van der Waals surface area contributed by atoms with Gasteiger partial charge in [0.15, 0.2) is 0 Å². The van der Waals surface area contributed by atoms with E-state index in [1.807, 2.05) is 0 Å². The first kappa shape index (κ1) is 22.9. The van der Waals surface area contributed by atoms with Crippen molar-refractivity contribution in [3.8, 4) is 11.5 Å². The number of alkyl halides is 3. The summed E-state index contributed by atoms with van der Waals surface area (Å²) in [5, 5.41) is 0. The number of hydrogen-bond donors (Lipinski definition) is 0. The number of amides is 1. The van der Waals surface area contributed by atoms with Gasteiger partial charge in [0.05, 0.1) is 38.0 Å². The third-order valence-corrected chi connectivity index (χ3v) is 4.96. The van der Waals surface area contributed by atoms with Gasteiger partial charge >= 0.3 is 12.1 Å². The van der Waals surface area contributed by atoms with Gasteiger partial charge in [-0.1, -0.05) is 6.07 Å². The van der Waals surface area contributed by atoms with Crippen LogP contribution in [0.3, 0.4) is 0 Å². The van der Waals surface area contributed by atoms with Gasteiger partial charge in [0.25, 0.3) is 5.91 Å². The monoisotopic (exact) mass is 447 g/mol. The first-order chi connectivity index (χ1) is 15.1. The van der Waals surface area contributed by atoms with Crippen molar-refractivity contribution >= 4 is 23.6 Å². The van der Waals surface area contributed by atoms with Crippen molar-refractivity contribution in [1.29, 1.82) is 0 Å². The Morgan fingerprint density at radius 2 is 1.75 bits per heavy atom. The Morgan fingerprint density at radius 1 is 1.03 bits per heavy atom. The minimum atomic E-state index is -4.59. The number of carbonyl (C=O) groups excluding carboxylic acids is 2. The third-order valence-electron chi connectivity index (χ3n) is 4.96. The summed E-state index contributed by atoms with van der Waals surface area (Å²) in [6, 6.07) is 9.21. The average Bonchev–Trinajstić information content (AvgIpc) is 3.01. The summed E-state index contributed by atoms with van der Waals surface area (Å²) >= 11 is 0. The molecule has 1 heterocycles. The Labute approximate surface area is 182 Å². The van der Waals surface area contributed by atoms with E-state index in [-0.39, 0.29) is 22.5 Å². The SMILES string of the molecule is COC(=O)C1=C(C)N(c2cccc(C(F)(F)F)c2)C(=O)/C1=C\c1cc(OC)ccc1OC. The summed E-state index contributed by atoms with van der Waals surface area (Å²) in [4.78, 5) is 26.9. The van der Waals surface area contributed by atoms with Crippen LogP contribution in [0.15, 0.2) is 59.3 Å². The lowest BCUT2D eigenvalue weighted by Gasteiger charge is -2.19. The highest BCUT2D eigenvalue weighted by Gasteiger charge is 2.39. The molecule has 2 aromatic rings. The van der Waals surface area contributed by atoms with E-state index in [9.17, 15) is 22.8 Å². The van der Waals surface area contributed by atoms with E-state index in [0.717, 1.165) is 24.1 Å². The number of halogens is 3. The number of nitrogens with zero attached hydrogens (tertiary/aromatic N) is 1. The molecule has 0 fully saturated rings. The predicted octanol–water partition coefficient (Wildman–Crippen LogP) is 4.60. The fourth-order valence-corrected chi connectivity index (χ4v) is 3.42. The molecule has 2 aromatic carbocycles. The maximum absolute atomic E-state index is 13.3. The van der Waals surface area contributed by atoms with E-state index in [4.69, 9.17) is 14.2 Å². The highest BCUT2D eigenvalue weighted by molar-refractivity contribution is 6.24. The van der Waals surface area contributed by atoms with Crippen molar-refractivity contribution in [3.63, 3.8) is 0 Å². The topological polar surface area (TPSA) is 65.1 Å². The average molecular weight is 447 g/mol. The van der Waals surface area contributed by atoms with Gasteiger partial charge in [0.1, 0.15) is 11.5 Å². The molecule has 0 aliphatic carbocycles. The molecule has 0 aromatic heterocycles. The van der Waals surface area contributed by atoms with E-state index in [2.05, 4.69) is 0 Å². The first-order valence-electron chi connectivity index (χ1n) is 9.37. The molecule has 0 spiro atoms. The molecule has 0 saturated heterocycles. The number of benzene rings is 2. The van der Waals surface area contributed by atoms with Crippen LogP contribution in [0.4, 0.5) is 18.9 Å². The van der Waals surface area contributed by atoms with Crippen LogP contribution in [0.1, 0.15) is 18.1 Å². The molecule has 0 atom stereocenters. The number of allylic oxidation sites excluding steroid dienone is 1. The van der Waals surface area contributed by atoms with Gasteiger partial charge in [0.2, 0.25) is 0 Å². The van der Waals surface area contributed by atoms with Crippen LogP contribution in [0.2, 0.25) is 0 Å². The molecule has 0 saturated carbocycles. The molecule has 168 valence electrons. The second kappa shape index (κ2) is 8.78. The number of anilines is 1. The summed E-state index contributed by atoms with van der Waals surface area (Å²) in [5.74, 6) is -0.575. The molecule has 1 amide bonds. The van der Waals surface area contributed by atoms with Crippen molar-refractivity contribution in [2.75, 3.05) is 26.2 Å². The van der Waals surface area contributed by atoms with Gasteiger partial charge in [0, 0.05) is 16.9 Å². The zero-order valence-corrected chi connectivity index (χ0v) is 17.7. The first-order valence-corrected chi connectivity index (χ1v) is 9.37. The fraction of sp³-hybridized carbons (Fsp3) is 0.217. The zero-order valence-electron chi connectivity index (χ0n) is 17.7. The van der Waals surface area contributed by atoms with Crippen molar-refractivity contribution in [2.24, 2.45) is 0 Å². The lowest BCUT2D eigenvalue weighted by Crippen LogP contribution is -2.25. The maximum atomic E-state index is 13.3. The predicted molar refractivity (Wildman–Crippen MR) is 111 cm³/mol. The van der Waals surface area contributed by atoms with Crippen LogP contribution < -0.4 is 14.4 Å². The number of rotatable bonds is 5. The molecular formula is C23H20F3NO5. The smallest absolute Gasteiger partial charge is 0.416 e. The van der Waals surface area contributed by atoms with E-state index in [0.29, 0.717) is 17.1 Å². The summed E-state index contributed by atoms with van der Waals surface area (Å²) < 4.78 is 55.0. The van der Waals surface area contributed by atoms with Gasteiger partial charge in [-0.15, -0.1) is 0 Å². The van der Waals surface area contributed by atoms with E-state index < -0.39 is 23.6 Å². The second-order valence-corrected chi connectivity index (χ2v) is 6.81. The van der Waals surface area contributed by atoms with Crippen LogP contribution >= 0.6 is 0 Å². The molecule has 1 aliphatic heterocycles. The lowest BCUT2D eigenvalue weighted by atomic mass is 10.0. The normalized spacial score (nSPS) is 15.4. The number of hydrogen-bond acceptors (Lipinski definition) is 5. The Bertz CT molecular complexity index is 1130. The Morgan fingerprint density at radius 3 is 2.34 bits per heavy atom. The van der Waals surface area contributed by atoms with Crippen LogP contribution in [0.5, 0.6) is 11.5 Å². The van der Waals surface area contributed by atoms with Crippen molar-refractivity contribution in [1.82, 2.24) is 0 Å².